The van der Waals surface area contributed by atoms with E-state index < -0.39 is 17.5 Å². The molecule has 0 radical (unpaired) electrons. The Kier molecular flexibility index (Phi) is 4.75. The Balaban J connectivity index is 1.82. The van der Waals surface area contributed by atoms with Crippen LogP contribution in [0, 0.1) is 0 Å². The van der Waals surface area contributed by atoms with Crippen LogP contribution in [0.1, 0.15) is 18.9 Å². The summed E-state index contributed by atoms with van der Waals surface area (Å²) in [5, 5.41) is 2.78. The maximum absolute atomic E-state index is 13.0. The fourth-order valence-corrected chi connectivity index (χ4v) is 3.17. The van der Waals surface area contributed by atoms with E-state index in [1.807, 2.05) is 55.5 Å². The number of hydrogen-bond donors (Lipinski definition) is 1. The minimum Gasteiger partial charge on any atom is -0.319 e. The van der Waals surface area contributed by atoms with Crippen molar-refractivity contribution < 1.29 is 14.4 Å². The van der Waals surface area contributed by atoms with Gasteiger partial charge < -0.3 is 10.2 Å². The molecule has 4 amide bonds. The maximum atomic E-state index is 13.0. The van der Waals surface area contributed by atoms with Gasteiger partial charge in [0.15, 0.2) is 0 Å². The summed E-state index contributed by atoms with van der Waals surface area (Å²) in [6.07, 6.45) is 0.404. The van der Waals surface area contributed by atoms with Gasteiger partial charge in [0.1, 0.15) is 12.1 Å². The third-order valence-electron chi connectivity index (χ3n) is 4.78. The summed E-state index contributed by atoms with van der Waals surface area (Å²) in [5.41, 5.74) is 0.297. The van der Waals surface area contributed by atoms with E-state index in [0.717, 1.165) is 4.90 Å². The van der Waals surface area contributed by atoms with Crippen LogP contribution < -0.4 is 10.2 Å². The number of nitrogens with one attached hydrogen (secondary N) is 1. The van der Waals surface area contributed by atoms with Gasteiger partial charge in [-0.3, -0.25) is 14.5 Å². The van der Waals surface area contributed by atoms with E-state index in [-0.39, 0.29) is 12.5 Å². The van der Waals surface area contributed by atoms with Crippen molar-refractivity contribution in [3.05, 3.63) is 66.2 Å². The van der Waals surface area contributed by atoms with Crippen molar-refractivity contribution in [2.45, 2.75) is 18.9 Å². The van der Waals surface area contributed by atoms with Crippen molar-refractivity contribution in [2.75, 3.05) is 18.5 Å². The lowest BCUT2D eigenvalue weighted by atomic mass is 9.87. The molecule has 2 aromatic carbocycles. The first-order valence-corrected chi connectivity index (χ1v) is 8.51. The molecular weight excluding hydrogens is 330 g/mol. The fourth-order valence-electron chi connectivity index (χ4n) is 3.17. The number of amides is 4. The van der Waals surface area contributed by atoms with Gasteiger partial charge in [0, 0.05) is 12.7 Å². The SMILES string of the molecule is CC[C@]1(c2ccccc2)NC(=O)N(CC(=O)N(C)c2ccccc2)C1=O. The lowest BCUT2D eigenvalue weighted by Gasteiger charge is -2.26. The molecule has 1 saturated heterocycles. The minimum absolute atomic E-state index is 0.301. The lowest BCUT2D eigenvalue weighted by molar-refractivity contribution is -0.134. The van der Waals surface area contributed by atoms with E-state index in [0.29, 0.717) is 17.7 Å². The number of likely N-dealkylation sites (N-methyl/N-ethyl adjacent to an activating group) is 1. The van der Waals surface area contributed by atoms with Crippen LogP contribution in [-0.2, 0) is 15.1 Å². The second-order valence-corrected chi connectivity index (χ2v) is 6.23. The van der Waals surface area contributed by atoms with Gasteiger partial charge in [-0.1, -0.05) is 55.5 Å². The Hall–Kier alpha value is -3.15. The minimum atomic E-state index is -1.12. The highest BCUT2D eigenvalue weighted by atomic mass is 16.2. The Morgan fingerprint density at radius 3 is 2.19 bits per heavy atom. The van der Waals surface area contributed by atoms with Gasteiger partial charge in [0.25, 0.3) is 5.91 Å². The molecule has 0 saturated carbocycles. The highest BCUT2D eigenvalue weighted by molar-refractivity contribution is 6.10. The normalized spacial score (nSPS) is 19.4. The van der Waals surface area contributed by atoms with Crippen molar-refractivity contribution in [3.8, 4) is 0 Å². The predicted molar refractivity (Wildman–Crippen MR) is 98.5 cm³/mol. The van der Waals surface area contributed by atoms with E-state index in [4.69, 9.17) is 0 Å². The van der Waals surface area contributed by atoms with E-state index in [1.165, 1.54) is 4.90 Å². The number of benzene rings is 2. The summed E-state index contributed by atoms with van der Waals surface area (Å²) in [6.45, 7) is 1.54. The quantitative estimate of drug-likeness (QED) is 0.842. The van der Waals surface area contributed by atoms with Gasteiger partial charge >= 0.3 is 6.03 Å². The monoisotopic (exact) mass is 351 g/mol. The fraction of sp³-hybridized carbons (Fsp3) is 0.250. The summed E-state index contributed by atoms with van der Waals surface area (Å²) >= 11 is 0. The van der Waals surface area contributed by atoms with Crippen molar-refractivity contribution >= 4 is 23.5 Å². The zero-order chi connectivity index (χ0) is 18.7. The highest BCUT2D eigenvalue weighted by Gasteiger charge is 2.51. The average molecular weight is 351 g/mol. The highest BCUT2D eigenvalue weighted by Crippen LogP contribution is 2.32. The van der Waals surface area contributed by atoms with Crippen LogP contribution in [0.4, 0.5) is 10.5 Å². The third kappa shape index (κ3) is 2.94. The number of para-hydroxylation sites is 1. The zero-order valence-corrected chi connectivity index (χ0v) is 14.8. The molecule has 134 valence electrons. The second-order valence-electron chi connectivity index (χ2n) is 6.23. The molecule has 6 nitrogen and oxygen atoms in total. The average Bonchev–Trinajstić information content (AvgIpc) is 2.93. The van der Waals surface area contributed by atoms with Gasteiger partial charge in [-0.15, -0.1) is 0 Å². The van der Waals surface area contributed by atoms with E-state index in [9.17, 15) is 14.4 Å². The van der Waals surface area contributed by atoms with Crippen LogP contribution in [0.25, 0.3) is 0 Å². The molecule has 1 atom stereocenters. The molecule has 2 aromatic rings. The zero-order valence-electron chi connectivity index (χ0n) is 14.8. The first kappa shape index (κ1) is 17.7. The number of nitrogens with zero attached hydrogens (tertiary/aromatic N) is 2. The Morgan fingerprint density at radius 1 is 1.04 bits per heavy atom. The standard InChI is InChI=1S/C20H21N3O3/c1-3-20(15-10-6-4-7-11-15)18(25)23(19(26)21-20)14-17(24)22(2)16-12-8-5-9-13-16/h4-13H,3,14H2,1-2H3,(H,21,26)/t20-/m1/s1. The number of rotatable bonds is 5. The van der Waals surface area contributed by atoms with Crippen molar-refractivity contribution in [3.63, 3.8) is 0 Å². The molecule has 0 unspecified atom stereocenters. The van der Waals surface area contributed by atoms with Crippen LogP contribution in [0.2, 0.25) is 0 Å². The van der Waals surface area contributed by atoms with Gasteiger partial charge in [-0.25, -0.2) is 4.79 Å². The summed E-state index contributed by atoms with van der Waals surface area (Å²) in [7, 11) is 1.63. The number of anilines is 1. The summed E-state index contributed by atoms with van der Waals surface area (Å²) in [4.78, 5) is 40.5. The molecule has 26 heavy (non-hydrogen) atoms. The molecule has 6 heteroatoms. The number of imide groups is 1. The summed E-state index contributed by atoms with van der Waals surface area (Å²) in [6, 6.07) is 17.7. The van der Waals surface area contributed by atoms with Gasteiger partial charge in [-0.05, 0) is 24.1 Å². The second kappa shape index (κ2) is 7.00. The van der Waals surface area contributed by atoms with E-state index in [1.54, 1.807) is 19.2 Å². The molecule has 1 aliphatic heterocycles. The molecular formula is C20H21N3O3. The van der Waals surface area contributed by atoms with Crippen molar-refractivity contribution in [1.82, 2.24) is 10.2 Å². The first-order chi connectivity index (χ1) is 12.5. The van der Waals surface area contributed by atoms with Crippen molar-refractivity contribution in [1.29, 1.82) is 0 Å². The first-order valence-electron chi connectivity index (χ1n) is 8.51. The Morgan fingerprint density at radius 2 is 1.62 bits per heavy atom. The van der Waals surface area contributed by atoms with Gasteiger partial charge in [0.2, 0.25) is 5.91 Å². The number of urea groups is 1. The topological polar surface area (TPSA) is 69.7 Å². The van der Waals surface area contributed by atoms with Crippen LogP contribution in [0.15, 0.2) is 60.7 Å². The molecule has 0 spiro atoms. The molecule has 0 aliphatic carbocycles. The maximum Gasteiger partial charge on any atom is 0.325 e. The van der Waals surface area contributed by atoms with Crippen LogP contribution in [-0.4, -0.2) is 36.3 Å². The molecule has 1 aliphatic rings. The molecule has 1 fully saturated rings. The largest absolute Gasteiger partial charge is 0.325 e. The lowest BCUT2D eigenvalue weighted by Crippen LogP contribution is -2.45. The smallest absolute Gasteiger partial charge is 0.319 e. The van der Waals surface area contributed by atoms with E-state index in [2.05, 4.69) is 5.32 Å². The summed E-state index contributed by atoms with van der Waals surface area (Å²) in [5.74, 6) is -0.731. The third-order valence-corrected chi connectivity index (χ3v) is 4.78. The van der Waals surface area contributed by atoms with E-state index >= 15 is 0 Å². The molecule has 3 rings (SSSR count). The van der Waals surface area contributed by atoms with Crippen LogP contribution in [0.3, 0.4) is 0 Å². The number of hydrogen-bond acceptors (Lipinski definition) is 3. The molecule has 0 bridgehead atoms. The molecule has 1 N–H and O–H groups in total. The number of carbonyl (C=O) groups is 3. The number of carbonyl (C=O) groups excluding carboxylic acids is 3. The van der Waals surface area contributed by atoms with Gasteiger partial charge in [0.05, 0.1) is 0 Å². The molecule has 1 heterocycles. The van der Waals surface area contributed by atoms with Crippen LogP contribution in [0.5, 0.6) is 0 Å². The summed E-state index contributed by atoms with van der Waals surface area (Å²) < 4.78 is 0. The van der Waals surface area contributed by atoms with Crippen LogP contribution >= 0.6 is 0 Å². The van der Waals surface area contributed by atoms with Gasteiger partial charge in [-0.2, -0.15) is 0 Å². The predicted octanol–water partition coefficient (Wildman–Crippen LogP) is 2.51. The Labute approximate surface area is 152 Å². The Bertz CT molecular complexity index is 823. The molecule has 0 aromatic heterocycles. The van der Waals surface area contributed by atoms with Crippen molar-refractivity contribution in [2.24, 2.45) is 0 Å².